The van der Waals surface area contributed by atoms with Crippen molar-refractivity contribution in [3.8, 4) is 17.0 Å². The molecule has 0 radical (unpaired) electrons. The molecule has 0 unspecified atom stereocenters. The van der Waals surface area contributed by atoms with Gasteiger partial charge in [0.2, 0.25) is 0 Å². The highest BCUT2D eigenvalue weighted by atomic mass is 35.5. The number of benzene rings is 2. The SMILES string of the molecule is COc1ccccc1-c1[nH]c2ccc(Cl)cc2c1CC(=O)O. The zero-order chi connectivity index (χ0) is 15.7. The third kappa shape index (κ3) is 2.53. The fourth-order valence-corrected chi connectivity index (χ4v) is 2.81. The molecule has 0 amide bonds. The zero-order valence-electron chi connectivity index (χ0n) is 11.9. The molecule has 0 aliphatic rings. The van der Waals surface area contributed by atoms with Crippen molar-refractivity contribution in [1.29, 1.82) is 0 Å². The Labute approximate surface area is 132 Å². The molecule has 0 aliphatic heterocycles. The van der Waals surface area contributed by atoms with E-state index < -0.39 is 5.97 Å². The second-order valence-electron chi connectivity index (χ2n) is 4.94. The van der Waals surface area contributed by atoms with Crippen molar-refractivity contribution in [1.82, 2.24) is 4.98 Å². The van der Waals surface area contributed by atoms with Crippen LogP contribution < -0.4 is 4.74 Å². The molecule has 0 saturated heterocycles. The second kappa shape index (κ2) is 5.73. The standard InChI is InChI=1S/C17H14ClNO3/c1-22-15-5-3-2-4-11(15)17-13(9-16(20)21)12-8-10(18)6-7-14(12)19-17/h2-8,19H,9H2,1H3,(H,20,21). The van der Waals surface area contributed by atoms with Gasteiger partial charge in [0.15, 0.2) is 0 Å². The summed E-state index contributed by atoms with van der Waals surface area (Å²) in [6.45, 7) is 0. The number of nitrogens with one attached hydrogen (secondary N) is 1. The number of fused-ring (bicyclic) bond motifs is 1. The number of H-pyrrole nitrogens is 1. The normalized spacial score (nSPS) is 10.8. The van der Waals surface area contributed by atoms with E-state index in [9.17, 15) is 9.90 Å². The van der Waals surface area contributed by atoms with Crippen LogP contribution in [0.5, 0.6) is 5.75 Å². The summed E-state index contributed by atoms with van der Waals surface area (Å²) in [7, 11) is 1.59. The molecule has 0 saturated carbocycles. The average molecular weight is 316 g/mol. The molecule has 2 aromatic carbocycles. The van der Waals surface area contributed by atoms with Crippen LogP contribution in [-0.4, -0.2) is 23.2 Å². The van der Waals surface area contributed by atoms with Gasteiger partial charge in [-0.25, -0.2) is 0 Å². The van der Waals surface area contributed by atoms with Gasteiger partial charge in [0.25, 0.3) is 0 Å². The summed E-state index contributed by atoms with van der Waals surface area (Å²) in [6, 6.07) is 12.9. The maximum absolute atomic E-state index is 11.3. The molecule has 0 atom stereocenters. The summed E-state index contributed by atoms with van der Waals surface area (Å²) in [6.07, 6.45) is -0.0896. The minimum atomic E-state index is -0.892. The van der Waals surface area contributed by atoms with E-state index in [4.69, 9.17) is 16.3 Å². The van der Waals surface area contributed by atoms with Gasteiger partial charge in [-0.2, -0.15) is 0 Å². The van der Waals surface area contributed by atoms with E-state index in [1.54, 1.807) is 19.2 Å². The monoisotopic (exact) mass is 315 g/mol. The van der Waals surface area contributed by atoms with E-state index in [0.29, 0.717) is 16.3 Å². The highest BCUT2D eigenvalue weighted by Crippen LogP contribution is 2.36. The molecule has 0 bridgehead atoms. The van der Waals surface area contributed by atoms with E-state index >= 15 is 0 Å². The Hall–Kier alpha value is -2.46. The first-order chi connectivity index (χ1) is 10.6. The van der Waals surface area contributed by atoms with E-state index in [2.05, 4.69) is 4.98 Å². The summed E-state index contributed by atoms with van der Waals surface area (Å²) in [5.41, 5.74) is 3.13. The van der Waals surface area contributed by atoms with Gasteiger partial charge in [0.05, 0.1) is 19.2 Å². The number of hydrogen-bond acceptors (Lipinski definition) is 2. The fourth-order valence-electron chi connectivity index (χ4n) is 2.64. The van der Waals surface area contributed by atoms with Gasteiger partial charge in [0.1, 0.15) is 5.75 Å². The van der Waals surface area contributed by atoms with Crippen LogP contribution in [0, 0.1) is 0 Å². The number of ether oxygens (including phenoxy) is 1. The number of aromatic amines is 1. The number of carbonyl (C=O) groups is 1. The van der Waals surface area contributed by atoms with Gasteiger partial charge in [-0.1, -0.05) is 23.7 Å². The van der Waals surface area contributed by atoms with E-state index in [1.165, 1.54) is 0 Å². The van der Waals surface area contributed by atoms with Crippen molar-refractivity contribution in [3.63, 3.8) is 0 Å². The van der Waals surface area contributed by atoms with Crippen molar-refractivity contribution in [3.05, 3.63) is 53.1 Å². The molecular weight excluding hydrogens is 302 g/mol. The lowest BCUT2D eigenvalue weighted by molar-refractivity contribution is -0.136. The molecule has 3 aromatic rings. The van der Waals surface area contributed by atoms with E-state index in [0.717, 1.165) is 22.2 Å². The molecule has 0 aliphatic carbocycles. The van der Waals surface area contributed by atoms with Crippen molar-refractivity contribution in [2.24, 2.45) is 0 Å². The largest absolute Gasteiger partial charge is 0.496 e. The molecule has 1 aromatic heterocycles. The van der Waals surface area contributed by atoms with Crippen LogP contribution in [0.2, 0.25) is 5.02 Å². The number of carboxylic acids is 1. The van der Waals surface area contributed by atoms with Gasteiger partial charge < -0.3 is 14.8 Å². The Morgan fingerprint density at radius 1 is 1.27 bits per heavy atom. The number of methoxy groups -OCH3 is 1. The Balaban J connectivity index is 2.30. The maximum Gasteiger partial charge on any atom is 0.307 e. The maximum atomic E-state index is 11.3. The van der Waals surface area contributed by atoms with Crippen LogP contribution in [-0.2, 0) is 11.2 Å². The smallest absolute Gasteiger partial charge is 0.307 e. The van der Waals surface area contributed by atoms with Gasteiger partial charge in [-0.15, -0.1) is 0 Å². The first kappa shape index (κ1) is 14.5. The minimum Gasteiger partial charge on any atom is -0.496 e. The number of para-hydroxylation sites is 1. The van der Waals surface area contributed by atoms with E-state index in [-0.39, 0.29) is 6.42 Å². The van der Waals surface area contributed by atoms with Crippen LogP contribution >= 0.6 is 11.6 Å². The second-order valence-corrected chi connectivity index (χ2v) is 5.38. The lowest BCUT2D eigenvalue weighted by Crippen LogP contribution is -2.01. The summed E-state index contributed by atoms with van der Waals surface area (Å²) in [5.74, 6) is -0.205. The number of aliphatic carboxylic acids is 1. The summed E-state index contributed by atoms with van der Waals surface area (Å²) in [5, 5.41) is 10.6. The summed E-state index contributed by atoms with van der Waals surface area (Å²) >= 11 is 6.06. The number of carboxylic acid groups (broad SMARTS) is 1. The Morgan fingerprint density at radius 2 is 2.05 bits per heavy atom. The molecule has 22 heavy (non-hydrogen) atoms. The zero-order valence-corrected chi connectivity index (χ0v) is 12.6. The first-order valence-corrected chi connectivity index (χ1v) is 7.13. The molecule has 4 nitrogen and oxygen atoms in total. The average Bonchev–Trinajstić information content (AvgIpc) is 2.84. The third-order valence-corrected chi connectivity index (χ3v) is 3.81. The fraction of sp³-hybridized carbons (Fsp3) is 0.118. The van der Waals surface area contributed by atoms with Crippen molar-refractivity contribution >= 4 is 28.5 Å². The van der Waals surface area contributed by atoms with Gasteiger partial charge in [0, 0.05) is 21.5 Å². The molecule has 1 heterocycles. The highest BCUT2D eigenvalue weighted by Gasteiger charge is 2.18. The van der Waals surface area contributed by atoms with Gasteiger partial charge >= 0.3 is 5.97 Å². The lowest BCUT2D eigenvalue weighted by atomic mass is 10.0. The quantitative estimate of drug-likeness (QED) is 0.761. The van der Waals surface area contributed by atoms with Crippen LogP contribution in [0.3, 0.4) is 0 Å². The number of rotatable bonds is 4. The van der Waals surface area contributed by atoms with Crippen LogP contribution in [0.25, 0.3) is 22.2 Å². The lowest BCUT2D eigenvalue weighted by Gasteiger charge is -2.08. The first-order valence-electron chi connectivity index (χ1n) is 6.75. The number of aromatic nitrogens is 1. The summed E-state index contributed by atoms with van der Waals surface area (Å²) in [4.78, 5) is 14.5. The van der Waals surface area contributed by atoms with Crippen molar-refractivity contribution in [2.75, 3.05) is 7.11 Å². The minimum absolute atomic E-state index is 0.0896. The number of halogens is 1. The Bertz CT molecular complexity index is 854. The highest BCUT2D eigenvalue weighted by molar-refractivity contribution is 6.31. The molecule has 0 fully saturated rings. The third-order valence-electron chi connectivity index (χ3n) is 3.57. The van der Waals surface area contributed by atoms with Crippen molar-refractivity contribution < 1.29 is 14.6 Å². The van der Waals surface area contributed by atoms with Crippen LogP contribution in [0.15, 0.2) is 42.5 Å². The molecule has 0 spiro atoms. The molecular formula is C17H14ClNO3. The summed E-state index contributed by atoms with van der Waals surface area (Å²) < 4.78 is 5.39. The van der Waals surface area contributed by atoms with Crippen LogP contribution in [0.4, 0.5) is 0 Å². The number of hydrogen-bond donors (Lipinski definition) is 2. The van der Waals surface area contributed by atoms with Gasteiger partial charge in [-0.3, -0.25) is 4.79 Å². The molecule has 2 N–H and O–H groups in total. The molecule has 5 heteroatoms. The van der Waals surface area contributed by atoms with Gasteiger partial charge in [-0.05, 0) is 35.9 Å². The Kier molecular flexibility index (Phi) is 3.77. The topological polar surface area (TPSA) is 62.3 Å². The predicted octanol–water partition coefficient (Wildman–Crippen LogP) is 4.12. The van der Waals surface area contributed by atoms with Crippen LogP contribution in [0.1, 0.15) is 5.56 Å². The van der Waals surface area contributed by atoms with Crippen molar-refractivity contribution in [2.45, 2.75) is 6.42 Å². The van der Waals surface area contributed by atoms with E-state index in [1.807, 2.05) is 30.3 Å². The Morgan fingerprint density at radius 3 is 2.77 bits per heavy atom. The molecule has 112 valence electrons. The molecule has 3 rings (SSSR count). The predicted molar refractivity (Wildman–Crippen MR) is 86.6 cm³/mol.